The molecular weight excluding hydrogens is 642 g/mol. The highest BCUT2D eigenvalue weighted by molar-refractivity contribution is 6.31. The first kappa shape index (κ1) is 32.5. The molecule has 2 heterocycles. The van der Waals surface area contributed by atoms with Crippen molar-refractivity contribution in [3.63, 3.8) is 0 Å². The summed E-state index contributed by atoms with van der Waals surface area (Å²) in [5.74, 6) is -2.15. The summed E-state index contributed by atoms with van der Waals surface area (Å²) >= 11 is 12.6. The third-order valence-electron chi connectivity index (χ3n) is 9.08. The van der Waals surface area contributed by atoms with Crippen molar-refractivity contribution >= 4 is 52.2 Å². The SMILES string of the molecule is CCOc1cccc(CN2C3CC(c4ccc(C(=O)O)cc4N)=N[C@H]3[C@H](c3cccc(Cl)c3F)[C@]2(C)C(=O)Nc2cccc(Cl)c2)c1. The molecular formula is C36H33Cl2FN4O4. The lowest BCUT2D eigenvalue weighted by molar-refractivity contribution is -0.127. The molecule has 6 rings (SSSR count). The number of carbonyl (C=O) groups excluding carboxylic acids is 1. The molecule has 1 unspecified atom stereocenters. The number of rotatable bonds is 9. The van der Waals surface area contributed by atoms with Gasteiger partial charge in [-0.2, -0.15) is 0 Å². The Bertz CT molecular complexity index is 1900. The largest absolute Gasteiger partial charge is 0.494 e. The molecule has 0 saturated carbocycles. The lowest BCUT2D eigenvalue weighted by atomic mass is 9.77. The third kappa shape index (κ3) is 6.06. The standard InChI is InChI=1S/C36H33Cl2FN4O4/c1-3-47-24-10-4-7-20(15-24)19-43-30-18-29(25-14-13-21(34(44)45)16-28(25)40)42-33(30)31(26-11-6-12-27(38)32(26)39)36(43,2)35(46)41-23-9-5-8-22(37)17-23/h4-17,30-31,33H,3,18-19,40H2,1-2H3,(H,41,46)(H,44,45)/t30?,31-,33+,36+/m0/s1. The smallest absolute Gasteiger partial charge is 0.335 e. The number of nitrogens with two attached hydrogens (primary N) is 1. The van der Waals surface area contributed by atoms with Crippen molar-refractivity contribution in [2.24, 2.45) is 4.99 Å². The predicted molar refractivity (Wildman–Crippen MR) is 182 cm³/mol. The molecule has 0 aromatic heterocycles. The summed E-state index contributed by atoms with van der Waals surface area (Å²) in [5.41, 5.74) is 8.25. The van der Waals surface area contributed by atoms with Crippen LogP contribution in [0.4, 0.5) is 15.8 Å². The lowest BCUT2D eigenvalue weighted by Crippen LogP contribution is -2.55. The number of halogens is 3. The number of nitrogen functional groups attached to an aromatic ring is 1. The van der Waals surface area contributed by atoms with Crippen molar-refractivity contribution in [2.75, 3.05) is 17.7 Å². The van der Waals surface area contributed by atoms with E-state index in [9.17, 15) is 14.7 Å². The number of anilines is 2. The minimum Gasteiger partial charge on any atom is -0.494 e. The van der Waals surface area contributed by atoms with Gasteiger partial charge in [0.1, 0.15) is 17.1 Å². The molecule has 1 amide bonds. The Hall–Kier alpha value is -4.44. The van der Waals surface area contributed by atoms with Gasteiger partial charge in [-0.05, 0) is 73.5 Å². The molecule has 0 aliphatic carbocycles. The zero-order valence-corrected chi connectivity index (χ0v) is 27.2. The number of ether oxygens (including phenoxy) is 1. The van der Waals surface area contributed by atoms with E-state index in [1.165, 1.54) is 18.2 Å². The maximum absolute atomic E-state index is 16.1. The number of benzene rings is 4. The summed E-state index contributed by atoms with van der Waals surface area (Å²) in [4.78, 5) is 33.4. The molecule has 0 spiro atoms. The monoisotopic (exact) mass is 674 g/mol. The first-order chi connectivity index (χ1) is 22.5. The Kier molecular flexibility index (Phi) is 8.98. The summed E-state index contributed by atoms with van der Waals surface area (Å²) in [7, 11) is 0. The van der Waals surface area contributed by atoms with Gasteiger partial charge in [-0.25, -0.2) is 9.18 Å². The number of nitrogens with zero attached hydrogens (tertiary/aromatic N) is 2. The Morgan fingerprint density at radius 1 is 1.09 bits per heavy atom. The van der Waals surface area contributed by atoms with E-state index in [1.807, 2.05) is 38.1 Å². The number of nitrogens with one attached hydrogen (secondary N) is 1. The van der Waals surface area contributed by atoms with E-state index in [4.69, 9.17) is 38.7 Å². The van der Waals surface area contributed by atoms with E-state index in [0.717, 1.165) is 5.56 Å². The maximum Gasteiger partial charge on any atom is 0.335 e. The average Bonchev–Trinajstić information content (AvgIpc) is 3.54. The molecule has 2 aliphatic heterocycles. The van der Waals surface area contributed by atoms with Gasteiger partial charge < -0.3 is 20.9 Å². The number of aromatic carboxylic acids is 1. The van der Waals surface area contributed by atoms with Crippen LogP contribution < -0.4 is 15.8 Å². The van der Waals surface area contributed by atoms with Crippen molar-refractivity contribution in [3.8, 4) is 5.75 Å². The molecule has 11 heteroatoms. The number of carboxylic acid groups (broad SMARTS) is 1. The summed E-state index contributed by atoms with van der Waals surface area (Å²) in [6, 6.07) is 22.9. The van der Waals surface area contributed by atoms with Gasteiger partial charge in [0.05, 0.1) is 23.2 Å². The quantitative estimate of drug-likeness (QED) is 0.159. The lowest BCUT2D eigenvalue weighted by Gasteiger charge is -2.40. The third-order valence-corrected chi connectivity index (χ3v) is 9.60. The van der Waals surface area contributed by atoms with E-state index in [-0.39, 0.29) is 33.8 Å². The molecule has 4 N–H and O–H groups in total. The van der Waals surface area contributed by atoms with Gasteiger partial charge in [0.2, 0.25) is 5.91 Å². The van der Waals surface area contributed by atoms with Gasteiger partial charge in [-0.1, -0.05) is 59.6 Å². The minimum absolute atomic E-state index is 0.0600. The topological polar surface area (TPSA) is 117 Å². The van der Waals surface area contributed by atoms with Crippen LogP contribution in [-0.2, 0) is 11.3 Å². The summed E-state index contributed by atoms with van der Waals surface area (Å²) < 4.78 is 21.8. The molecule has 0 radical (unpaired) electrons. The van der Waals surface area contributed by atoms with Crippen LogP contribution >= 0.6 is 23.2 Å². The zero-order chi connectivity index (χ0) is 33.5. The van der Waals surface area contributed by atoms with Crippen LogP contribution in [0, 0.1) is 5.82 Å². The number of likely N-dealkylation sites (tertiary alicyclic amines) is 1. The second-order valence-electron chi connectivity index (χ2n) is 11.9. The Morgan fingerprint density at radius 2 is 1.85 bits per heavy atom. The average molecular weight is 676 g/mol. The van der Waals surface area contributed by atoms with Crippen LogP contribution in [0.25, 0.3) is 0 Å². The zero-order valence-electron chi connectivity index (χ0n) is 25.7. The van der Waals surface area contributed by atoms with Gasteiger partial charge in [0, 0.05) is 52.6 Å². The Labute approximate surface area is 282 Å². The number of hydrogen-bond acceptors (Lipinski definition) is 6. The van der Waals surface area contributed by atoms with E-state index < -0.39 is 29.3 Å². The number of amides is 1. The molecule has 4 aromatic rings. The summed E-state index contributed by atoms with van der Waals surface area (Å²) in [5, 5.41) is 12.9. The fourth-order valence-electron chi connectivity index (χ4n) is 6.94. The molecule has 1 saturated heterocycles. The van der Waals surface area contributed by atoms with Crippen molar-refractivity contribution < 1.29 is 23.8 Å². The first-order valence-electron chi connectivity index (χ1n) is 15.2. The van der Waals surface area contributed by atoms with Crippen LogP contribution in [0.15, 0.2) is 89.9 Å². The number of aliphatic imine (C=N–C) groups is 1. The normalized spacial score (nSPS) is 22.1. The van der Waals surface area contributed by atoms with Crippen LogP contribution in [-0.4, -0.2) is 51.8 Å². The van der Waals surface area contributed by atoms with Gasteiger partial charge in [0.25, 0.3) is 0 Å². The number of fused-ring (bicyclic) bond motifs is 1. The Balaban J connectivity index is 1.51. The van der Waals surface area contributed by atoms with E-state index in [1.54, 1.807) is 42.5 Å². The van der Waals surface area contributed by atoms with Crippen LogP contribution in [0.5, 0.6) is 5.75 Å². The highest BCUT2D eigenvalue weighted by Crippen LogP contribution is 2.53. The van der Waals surface area contributed by atoms with Gasteiger partial charge in [0.15, 0.2) is 0 Å². The molecule has 242 valence electrons. The molecule has 1 fully saturated rings. The summed E-state index contributed by atoms with van der Waals surface area (Å²) in [6.07, 6.45) is 0.380. The van der Waals surface area contributed by atoms with Crippen LogP contribution in [0.1, 0.15) is 53.2 Å². The van der Waals surface area contributed by atoms with Gasteiger partial charge in [-0.3, -0.25) is 14.7 Å². The Morgan fingerprint density at radius 3 is 2.57 bits per heavy atom. The maximum atomic E-state index is 16.1. The molecule has 2 aliphatic rings. The first-order valence-corrected chi connectivity index (χ1v) is 16.0. The minimum atomic E-state index is -1.33. The molecule has 47 heavy (non-hydrogen) atoms. The molecule has 4 atom stereocenters. The van der Waals surface area contributed by atoms with Crippen molar-refractivity contribution in [2.45, 2.75) is 50.4 Å². The van der Waals surface area contributed by atoms with Crippen molar-refractivity contribution in [3.05, 3.63) is 123 Å². The molecule has 8 nitrogen and oxygen atoms in total. The number of carbonyl (C=O) groups is 2. The van der Waals surface area contributed by atoms with E-state index in [0.29, 0.717) is 47.3 Å². The molecule has 0 bridgehead atoms. The fraction of sp³-hybridized carbons (Fsp3) is 0.250. The molecule has 4 aromatic carbocycles. The van der Waals surface area contributed by atoms with Crippen molar-refractivity contribution in [1.82, 2.24) is 4.90 Å². The van der Waals surface area contributed by atoms with Gasteiger partial charge in [-0.15, -0.1) is 0 Å². The van der Waals surface area contributed by atoms with Gasteiger partial charge >= 0.3 is 5.97 Å². The van der Waals surface area contributed by atoms with Crippen molar-refractivity contribution in [1.29, 1.82) is 0 Å². The summed E-state index contributed by atoms with van der Waals surface area (Å²) in [6.45, 7) is 4.53. The van der Waals surface area contributed by atoms with Crippen LogP contribution in [0.3, 0.4) is 0 Å². The van der Waals surface area contributed by atoms with E-state index in [2.05, 4.69) is 10.2 Å². The number of carboxylic acids is 1. The number of hydrogen-bond donors (Lipinski definition) is 3. The fourth-order valence-corrected chi connectivity index (χ4v) is 7.32. The van der Waals surface area contributed by atoms with Crippen LogP contribution in [0.2, 0.25) is 10.0 Å². The van der Waals surface area contributed by atoms with E-state index >= 15 is 4.39 Å². The predicted octanol–water partition coefficient (Wildman–Crippen LogP) is 7.44. The highest BCUT2D eigenvalue weighted by atomic mass is 35.5. The second kappa shape index (κ2) is 13.0. The second-order valence-corrected chi connectivity index (χ2v) is 12.7. The highest BCUT2D eigenvalue weighted by Gasteiger charge is 2.63.